The molecule has 1 aromatic rings. The fourth-order valence-electron chi connectivity index (χ4n) is 3.65. The summed E-state index contributed by atoms with van der Waals surface area (Å²) in [4.78, 5) is 25.6. The smallest absolute Gasteiger partial charge is 0.339 e. The van der Waals surface area contributed by atoms with Gasteiger partial charge in [0.2, 0.25) is 0 Å². The number of carbonyl (C=O) groups excluding carboxylic acids is 2. The molecule has 126 valence electrons. The molecule has 5 heteroatoms. The Balaban J connectivity index is 1.50. The summed E-state index contributed by atoms with van der Waals surface area (Å²) in [5.41, 5.74) is 1.82. The van der Waals surface area contributed by atoms with E-state index in [4.69, 9.17) is 4.74 Å². The molecular weight excluding hydrogens is 310 g/mol. The molecule has 2 aliphatic rings. The number of thiophene rings is 1. The standard InChI is InChI=1S/C18H25NO3S/c1-12-6-2-4-8-15(12)19-17(20)10-22-18(21)14-11-23-16-9-5-3-7-13(14)16/h11-12,15H,2-10H2,1H3,(H,19,20). The van der Waals surface area contributed by atoms with Gasteiger partial charge in [0.05, 0.1) is 5.56 Å². The highest BCUT2D eigenvalue weighted by Crippen LogP contribution is 2.30. The molecule has 0 spiro atoms. The summed E-state index contributed by atoms with van der Waals surface area (Å²) in [7, 11) is 0. The van der Waals surface area contributed by atoms with E-state index in [0.717, 1.165) is 44.1 Å². The van der Waals surface area contributed by atoms with Gasteiger partial charge in [-0.15, -0.1) is 11.3 Å². The molecule has 1 aromatic heterocycles. The number of fused-ring (bicyclic) bond motifs is 1. The number of ether oxygens (including phenoxy) is 1. The van der Waals surface area contributed by atoms with Crippen LogP contribution in [0.2, 0.25) is 0 Å². The van der Waals surface area contributed by atoms with Gasteiger partial charge in [-0.3, -0.25) is 4.79 Å². The third kappa shape index (κ3) is 3.94. The van der Waals surface area contributed by atoms with Gasteiger partial charge in [0.15, 0.2) is 6.61 Å². The summed E-state index contributed by atoms with van der Waals surface area (Å²) in [5, 5.41) is 4.91. The van der Waals surface area contributed by atoms with Crippen molar-refractivity contribution in [1.29, 1.82) is 0 Å². The van der Waals surface area contributed by atoms with Crippen molar-refractivity contribution in [3.63, 3.8) is 0 Å². The fraction of sp³-hybridized carbons (Fsp3) is 0.667. The van der Waals surface area contributed by atoms with Gasteiger partial charge in [-0.05, 0) is 50.0 Å². The van der Waals surface area contributed by atoms with E-state index in [-0.39, 0.29) is 24.5 Å². The zero-order valence-electron chi connectivity index (χ0n) is 13.7. The number of amides is 1. The van der Waals surface area contributed by atoms with E-state index < -0.39 is 0 Å². The number of hydrogen-bond acceptors (Lipinski definition) is 4. The van der Waals surface area contributed by atoms with Crippen LogP contribution in [0, 0.1) is 5.92 Å². The Labute approximate surface area is 141 Å². The lowest BCUT2D eigenvalue weighted by atomic mass is 9.86. The first-order valence-corrected chi connectivity index (χ1v) is 9.59. The number of rotatable bonds is 4. The van der Waals surface area contributed by atoms with Crippen LogP contribution in [0.25, 0.3) is 0 Å². The van der Waals surface area contributed by atoms with Crippen LogP contribution in [0.4, 0.5) is 0 Å². The van der Waals surface area contributed by atoms with E-state index in [0.29, 0.717) is 11.5 Å². The first kappa shape index (κ1) is 16.5. The van der Waals surface area contributed by atoms with Crippen LogP contribution in [0.15, 0.2) is 5.38 Å². The molecule has 1 fully saturated rings. The Morgan fingerprint density at radius 2 is 2.00 bits per heavy atom. The molecule has 0 aliphatic heterocycles. The maximum atomic E-state index is 12.2. The van der Waals surface area contributed by atoms with E-state index in [2.05, 4.69) is 12.2 Å². The summed E-state index contributed by atoms with van der Waals surface area (Å²) in [5.74, 6) is -0.0234. The monoisotopic (exact) mass is 335 g/mol. The molecule has 3 rings (SSSR count). The zero-order chi connectivity index (χ0) is 16.2. The molecule has 23 heavy (non-hydrogen) atoms. The van der Waals surface area contributed by atoms with Crippen molar-refractivity contribution in [3.05, 3.63) is 21.4 Å². The average molecular weight is 335 g/mol. The summed E-state index contributed by atoms with van der Waals surface area (Å²) in [6.07, 6.45) is 8.93. The molecule has 1 N–H and O–H groups in total. The molecule has 2 atom stereocenters. The highest BCUT2D eigenvalue weighted by molar-refractivity contribution is 7.10. The Bertz CT molecular complexity index is 581. The molecule has 1 saturated carbocycles. The normalized spacial score (nSPS) is 23.9. The van der Waals surface area contributed by atoms with Gasteiger partial charge in [-0.2, -0.15) is 0 Å². The summed E-state index contributed by atoms with van der Waals surface area (Å²) >= 11 is 1.64. The van der Waals surface area contributed by atoms with Crippen LogP contribution < -0.4 is 5.32 Å². The predicted molar refractivity (Wildman–Crippen MR) is 90.8 cm³/mol. The Morgan fingerprint density at radius 3 is 2.83 bits per heavy atom. The lowest BCUT2D eigenvalue weighted by Crippen LogP contribution is -2.42. The molecule has 0 bridgehead atoms. The predicted octanol–water partition coefficient (Wildman–Crippen LogP) is 3.48. The summed E-state index contributed by atoms with van der Waals surface area (Å²) < 4.78 is 5.25. The quantitative estimate of drug-likeness (QED) is 0.857. The average Bonchev–Trinajstić information content (AvgIpc) is 2.99. The Hall–Kier alpha value is -1.36. The zero-order valence-corrected chi connectivity index (χ0v) is 14.5. The topological polar surface area (TPSA) is 55.4 Å². The first-order valence-electron chi connectivity index (χ1n) is 8.71. The molecule has 2 unspecified atom stereocenters. The number of aryl methyl sites for hydroxylation is 1. The molecular formula is C18H25NO3S. The highest BCUT2D eigenvalue weighted by atomic mass is 32.1. The Kier molecular flexibility index (Phi) is 5.36. The van der Waals surface area contributed by atoms with E-state index in [9.17, 15) is 9.59 Å². The first-order chi connectivity index (χ1) is 11.1. The summed E-state index contributed by atoms with van der Waals surface area (Å²) in [6.45, 7) is 2.00. The van der Waals surface area contributed by atoms with Gasteiger partial charge < -0.3 is 10.1 Å². The van der Waals surface area contributed by atoms with Crippen molar-refractivity contribution >= 4 is 23.2 Å². The van der Waals surface area contributed by atoms with Gasteiger partial charge >= 0.3 is 5.97 Å². The molecule has 1 amide bonds. The van der Waals surface area contributed by atoms with Crippen molar-refractivity contribution in [2.24, 2.45) is 5.92 Å². The van der Waals surface area contributed by atoms with E-state index in [1.54, 1.807) is 11.3 Å². The van der Waals surface area contributed by atoms with Crippen LogP contribution in [-0.2, 0) is 22.4 Å². The molecule has 1 heterocycles. The SMILES string of the molecule is CC1CCCCC1NC(=O)COC(=O)c1csc2c1CCCC2. The highest BCUT2D eigenvalue weighted by Gasteiger charge is 2.24. The lowest BCUT2D eigenvalue weighted by molar-refractivity contribution is -0.125. The van der Waals surface area contributed by atoms with Crippen LogP contribution in [0.3, 0.4) is 0 Å². The molecule has 0 radical (unpaired) electrons. The van der Waals surface area contributed by atoms with Crippen molar-refractivity contribution in [2.75, 3.05) is 6.61 Å². The third-order valence-electron chi connectivity index (χ3n) is 5.07. The third-order valence-corrected chi connectivity index (χ3v) is 6.16. The summed E-state index contributed by atoms with van der Waals surface area (Å²) in [6, 6.07) is 0.226. The van der Waals surface area contributed by atoms with Crippen molar-refractivity contribution < 1.29 is 14.3 Å². The maximum absolute atomic E-state index is 12.2. The second-order valence-electron chi connectivity index (χ2n) is 6.77. The second-order valence-corrected chi connectivity index (χ2v) is 7.73. The van der Waals surface area contributed by atoms with Crippen LogP contribution in [0.1, 0.15) is 66.2 Å². The van der Waals surface area contributed by atoms with Crippen molar-refractivity contribution in [3.8, 4) is 0 Å². The van der Waals surface area contributed by atoms with E-state index in [1.807, 2.05) is 5.38 Å². The molecule has 4 nitrogen and oxygen atoms in total. The minimum Gasteiger partial charge on any atom is -0.452 e. The van der Waals surface area contributed by atoms with Gasteiger partial charge in [0.1, 0.15) is 0 Å². The maximum Gasteiger partial charge on any atom is 0.339 e. The van der Waals surface area contributed by atoms with Crippen LogP contribution in [-0.4, -0.2) is 24.5 Å². The molecule has 0 aromatic carbocycles. The van der Waals surface area contributed by atoms with Crippen LogP contribution >= 0.6 is 11.3 Å². The number of carbonyl (C=O) groups is 2. The van der Waals surface area contributed by atoms with Gasteiger partial charge in [0, 0.05) is 16.3 Å². The van der Waals surface area contributed by atoms with Gasteiger partial charge in [-0.1, -0.05) is 19.8 Å². The van der Waals surface area contributed by atoms with E-state index in [1.165, 1.54) is 17.7 Å². The van der Waals surface area contributed by atoms with Crippen molar-refractivity contribution in [2.45, 2.75) is 64.3 Å². The Morgan fingerprint density at radius 1 is 1.22 bits per heavy atom. The number of hydrogen-bond donors (Lipinski definition) is 1. The molecule has 0 saturated heterocycles. The largest absolute Gasteiger partial charge is 0.452 e. The second kappa shape index (κ2) is 7.47. The van der Waals surface area contributed by atoms with Crippen LogP contribution in [0.5, 0.6) is 0 Å². The minimum atomic E-state index is -0.351. The fourth-order valence-corrected chi connectivity index (χ4v) is 4.77. The van der Waals surface area contributed by atoms with Gasteiger partial charge in [0.25, 0.3) is 5.91 Å². The van der Waals surface area contributed by atoms with Crippen molar-refractivity contribution in [1.82, 2.24) is 5.32 Å². The number of nitrogens with one attached hydrogen (secondary N) is 1. The van der Waals surface area contributed by atoms with Gasteiger partial charge in [-0.25, -0.2) is 4.79 Å². The van der Waals surface area contributed by atoms with E-state index >= 15 is 0 Å². The minimum absolute atomic E-state index is 0.174. The number of esters is 1. The molecule has 2 aliphatic carbocycles. The lowest BCUT2D eigenvalue weighted by Gasteiger charge is -2.29.